The van der Waals surface area contributed by atoms with Gasteiger partial charge < -0.3 is 10.6 Å². The van der Waals surface area contributed by atoms with Crippen LogP contribution in [0.15, 0.2) is 30.3 Å². The minimum atomic E-state index is 0.435. The van der Waals surface area contributed by atoms with Gasteiger partial charge in [-0.2, -0.15) is 0 Å². The SMILES string of the molecule is CCc1cc(NCc2cccc(NC(C)C)c2)nc(C)n1. The molecule has 112 valence electrons. The van der Waals surface area contributed by atoms with Gasteiger partial charge >= 0.3 is 0 Å². The van der Waals surface area contributed by atoms with Crippen molar-refractivity contribution < 1.29 is 0 Å². The zero-order chi connectivity index (χ0) is 15.2. The topological polar surface area (TPSA) is 49.8 Å². The molecule has 0 amide bonds. The Balaban J connectivity index is 2.04. The summed E-state index contributed by atoms with van der Waals surface area (Å²) in [5.74, 6) is 1.70. The smallest absolute Gasteiger partial charge is 0.130 e. The normalized spacial score (nSPS) is 10.7. The average molecular weight is 284 g/mol. The van der Waals surface area contributed by atoms with E-state index in [-0.39, 0.29) is 0 Å². The molecule has 21 heavy (non-hydrogen) atoms. The molecule has 0 spiro atoms. The van der Waals surface area contributed by atoms with E-state index in [0.29, 0.717) is 6.04 Å². The molecule has 0 aliphatic heterocycles. The summed E-state index contributed by atoms with van der Waals surface area (Å²) in [4.78, 5) is 8.82. The van der Waals surface area contributed by atoms with Crippen molar-refractivity contribution in [2.45, 2.75) is 46.7 Å². The molecule has 1 heterocycles. The molecule has 4 heteroatoms. The summed E-state index contributed by atoms with van der Waals surface area (Å²) < 4.78 is 0. The van der Waals surface area contributed by atoms with Gasteiger partial charge in [-0.25, -0.2) is 9.97 Å². The van der Waals surface area contributed by atoms with Crippen molar-refractivity contribution in [3.63, 3.8) is 0 Å². The van der Waals surface area contributed by atoms with Crippen LogP contribution in [0.5, 0.6) is 0 Å². The van der Waals surface area contributed by atoms with Crippen LogP contribution in [-0.2, 0) is 13.0 Å². The summed E-state index contributed by atoms with van der Waals surface area (Å²) in [6.45, 7) is 9.07. The number of benzene rings is 1. The first-order valence-electron chi connectivity index (χ1n) is 7.50. The number of anilines is 2. The summed E-state index contributed by atoms with van der Waals surface area (Å²) in [5.41, 5.74) is 3.45. The summed E-state index contributed by atoms with van der Waals surface area (Å²) in [6, 6.07) is 10.9. The molecule has 0 fully saturated rings. The van der Waals surface area contributed by atoms with E-state index in [2.05, 4.69) is 65.6 Å². The summed E-state index contributed by atoms with van der Waals surface area (Å²) in [7, 11) is 0. The molecular formula is C17H24N4. The van der Waals surface area contributed by atoms with Crippen molar-refractivity contribution in [2.24, 2.45) is 0 Å². The molecule has 2 N–H and O–H groups in total. The Labute approximate surface area is 127 Å². The maximum absolute atomic E-state index is 4.43. The molecule has 0 saturated heterocycles. The van der Waals surface area contributed by atoms with E-state index < -0.39 is 0 Å². The summed E-state index contributed by atoms with van der Waals surface area (Å²) >= 11 is 0. The van der Waals surface area contributed by atoms with Gasteiger partial charge in [-0.1, -0.05) is 19.1 Å². The van der Waals surface area contributed by atoms with Crippen LogP contribution >= 0.6 is 0 Å². The molecular weight excluding hydrogens is 260 g/mol. The van der Waals surface area contributed by atoms with Gasteiger partial charge in [-0.05, 0) is 44.9 Å². The zero-order valence-electron chi connectivity index (χ0n) is 13.3. The van der Waals surface area contributed by atoms with Crippen molar-refractivity contribution >= 4 is 11.5 Å². The summed E-state index contributed by atoms with van der Waals surface area (Å²) in [5, 5.41) is 6.80. The number of aryl methyl sites for hydroxylation is 2. The van der Waals surface area contributed by atoms with E-state index in [4.69, 9.17) is 0 Å². The molecule has 0 saturated carbocycles. The lowest BCUT2D eigenvalue weighted by molar-refractivity contribution is 0.898. The minimum Gasteiger partial charge on any atom is -0.383 e. The van der Waals surface area contributed by atoms with Gasteiger partial charge in [-0.15, -0.1) is 0 Å². The first kappa shape index (κ1) is 15.3. The number of hydrogen-bond acceptors (Lipinski definition) is 4. The third-order valence-corrected chi connectivity index (χ3v) is 3.11. The maximum atomic E-state index is 4.43. The zero-order valence-corrected chi connectivity index (χ0v) is 13.3. The standard InChI is InChI=1S/C17H24N4/c1-5-15-10-17(21-13(4)20-15)18-11-14-7-6-8-16(9-14)19-12(2)3/h6-10,12,19H,5,11H2,1-4H3,(H,18,20,21). The lowest BCUT2D eigenvalue weighted by atomic mass is 10.2. The number of aromatic nitrogens is 2. The van der Waals surface area contributed by atoms with E-state index in [1.165, 1.54) is 5.56 Å². The second-order valence-electron chi connectivity index (χ2n) is 5.50. The predicted octanol–water partition coefficient (Wildman–Crippen LogP) is 3.78. The molecule has 2 aromatic rings. The first-order chi connectivity index (χ1) is 10.1. The minimum absolute atomic E-state index is 0.435. The molecule has 1 aromatic carbocycles. The van der Waals surface area contributed by atoms with E-state index in [0.717, 1.165) is 36.0 Å². The molecule has 0 bridgehead atoms. The third kappa shape index (κ3) is 4.74. The molecule has 0 aliphatic carbocycles. The van der Waals surface area contributed by atoms with Gasteiger partial charge in [0.05, 0.1) is 0 Å². The van der Waals surface area contributed by atoms with Crippen molar-refractivity contribution in [1.82, 2.24) is 9.97 Å². The molecule has 1 aromatic heterocycles. The van der Waals surface area contributed by atoms with Crippen molar-refractivity contribution in [2.75, 3.05) is 10.6 Å². The van der Waals surface area contributed by atoms with Crippen LogP contribution < -0.4 is 10.6 Å². The van der Waals surface area contributed by atoms with Crippen molar-refractivity contribution in [3.8, 4) is 0 Å². The average Bonchev–Trinajstić information content (AvgIpc) is 2.44. The van der Waals surface area contributed by atoms with Crippen LogP contribution in [0, 0.1) is 6.92 Å². The number of rotatable bonds is 6. The molecule has 0 radical (unpaired) electrons. The number of nitrogens with one attached hydrogen (secondary N) is 2. The van der Waals surface area contributed by atoms with E-state index in [1.807, 2.05) is 13.0 Å². The van der Waals surface area contributed by atoms with Crippen LogP contribution in [0.2, 0.25) is 0 Å². The van der Waals surface area contributed by atoms with E-state index >= 15 is 0 Å². The van der Waals surface area contributed by atoms with Crippen LogP contribution in [0.4, 0.5) is 11.5 Å². The number of nitrogens with zero attached hydrogens (tertiary/aromatic N) is 2. The maximum Gasteiger partial charge on any atom is 0.130 e. The second-order valence-corrected chi connectivity index (χ2v) is 5.50. The van der Waals surface area contributed by atoms with Gasteiger partial charge in [0.2, 0.25) is 0 Å². The van der Waals surface area contributed by atoms with Crippen LogP contribution in [0.1, 0.15) is 37.9 Å². The first-order valence-corrected chi connectivity index (χ1v) is 7.50. The predicted molar refractivity (Wildman–Crippen MR) is 88.7 cm³/mol. The highest BCUT2D eigenvalue weighted by atomic mass is 15.0. The fourth-order valence-corrected chi connectivity index (χ4v) is 2.20. The molecule has 2 rings (SSSR count). The van der Waals surface area contributed by atoms with Crippen molar-refractivity contribution in [1.29, 1.82) is 0 Å². The Morgan fingerprint density at radius 3 is 2.67 bits per heavy atom. The Morgan fingerprint density at radius 1 is 1.14 bits per heavy atom. The van der Waals surface area contributed by atoms with Crippen LogP contribution in [0.25, 0.3) is 0 Å². The van der Waals surface area contributed by atoms with Crippen LogP contribution in [0.3, 0.4) is 0 Å². The Morgan fingerprint density at radius 2 is 1.95 bits per heavy atom. The Kier molecular flexibility index (Phi) is 5.14. The summed E-state index contributed by atoms with van der Waals surface area (Å²) in [6.07, 6.45) is 0.922. The highest BCUT2D eigenvalue weighted by Gasteiger charge is 2.02. The molecule has 0 unspecified atom stereocenters. The van der Waals surface area contributed by atoms with Gasteiger partial charge in [0.15, 0.2) is 0 Å². The van der Waals surface area contributed by atoms with Crippen LogP contribution in [-0.4, -0.2) is 16.0 Å². The second kappa shape index (κ2) is 7.07. The largest absolute Gasteiger partial charge is 0.383 e. The van der Waals surface area contributed by atoms with Gasteiger partial charge in [0.1, 0.15) is 11.6 Å². The Hall–Kier alpha value is -2.10. The highest BCUT2D eigenvalue weighted by Crippen LogP contribution is 2.14. The van der Waals surface area contributed by atoms with Gasteiger partial charge in [0.25, 0.3) is 0 Å². The fourth-order valence-electron chi connectivity index (χ4n) is 2.20. The molecule has 0 aliphatic rings. The monoisotopic (exact) mass is 284 g/mol. The fraction of sp³-hybridized carbons (Fsp3) is 0.412. The Bertz CT molecular complexity index is 593. The van der Waals surface area contributed by atoms with E-state index in [9.17, 15) is 0 Å². The van der Waals surface area contributed by atoms with Gasteiger partial charge in [0, 0.05) is 30.0 Å². The number of hydrogen-bond donors (Lipinski definition) is 2. The lowest BCUT2D eigenvalue weighted by Crippen LogP contribution is -2.10. The van der Waals surface area contributed by atoms with E-state index in [1.54, 1.807) is 0 Å². The molecule has 0 atom stereocenters. The van der Waals surface area contributed by atoms with Crippen molar-refractivity contribution in [3.05, 3.63) is 47.4 Å². The quantitative estimate of drug-likeness (QED) is 0.847. The lowest BCUT2D eigenvalue weighted by Gasteiger charge is -2.12. The highest BCUT2D eigenvalue weighted by molar-refractivity contribution is 5.47. The third-order valence-electron chi connectivity index (χ3n) is 3.11. The molecule has 4 nitrogen and oxygen atoms in total. The van der Waals surface area contributed by atoms with Gasteiger partial charge in [-0.3, -0.25) is 0 Å².